The van der Waals surface area contributed by atoms with Crippen molar-refractivity contribution in [3.8, 4) is 0 Å². The van der Waals surface area contributed by atoms with Crippen molar-refractivity contribution in [3.05, 3.63) is 97.2 Å². The van der Waals surface area contributed by atoms with Crippen LogP contribution in [0.4, 0.5) is 0 Å². The van der Waals surface area contributed by atoms with Crippen LogP contribution in [0.25, 0.3) is 0 Å². The van der Waals surface area contributed by atoms with E-state index in [9.17, 15) is 19.4 Å². The van der Waals surface area contributed by atoms with Crippen LogP contribution in [0.2, 0.25) is 0 Å². The number of carbonyl (C=O) groups excluding carboxylic acids is 1. The van der Waals surface area contributed by atoms with Gasteiger partial charge in [0.2, 0.25) is 5.91 Å². The summed E-state index contributed by atoms with van der Waals surface area (Å²) in [6.45, 7) is 4.70. The fourth-order valence-electron chi connectivity index (χ4n) is 8.55. The van der Waals surface area contributed by atoms with Crippen molar-refractivity contribution < 1.29 is 32.9 Å². The quantitative estimate of drug-likeness (QED) is 0.0243. The van der Waals surface area contributed by atoms with Gasteiger partial charge < -0.3 is 19.8 Å². The maximum atomic E-state index is 13.0. The van der Waals surface area contributed by atoms with Gasteiger partial charge in [0.25, 0.3) is 0 Å². The van der Waals surface area contributed by atoms with Gasteiger partial charge >= 0.3 is 7.82 Å². The molecule has 0 heterocycles. The summed E-state index contributed by atoms with van der Waals surface area (Å²) in [7, 11) is 1.57. The average Bonchev–Trinajstić information content (AvgIpc) is 3.36. The van der Waals surface area contributed by atoms with Crippen molar-refractivity contribution in [3.63, 3.8) is 0 Å². The van der Waals surface area contributed by atoms with Crippen molar-refractivity contribution in [1.82, 2.24) is 5.32 Å². The van der Waals surface area contributed by atoms with Gasteiger partial charge in [-0.15, -0.1) is 0 Å². The molecule has 3 N–H and O–H groups in total. The van der Waals surface area contributed by atoms with Crippen molar-refractivity contribution in [1.29, 1.82) is 0 Å². The molecular weight excluding hydrogens is 936 g/mol. The highest BCUT2D eigenvalue weighted by Crippen LogP contribution is 2.43. The van der Waals surface area contributed by atoms with Crippen molar-refractivity contribution in [2.24, 2.45) is 0 Å². The molecule has 0 aromatic rings. The first-order chi connectivity index (χ1) is 36.0. The molecule has 0 saturated carbocycles. The zero-order chi connectivity index (χ0) is 54.2. The molecule has 3 atom stereocenters. The van der Waals surface area contributed by atoms with Gasteiger partial charge in [-0.1, -0.05) is 272 Å². The van der Waals surface area contributed by atoms with E-state index < -0.39 is 20.0 Å². The highest BCUT2D eigenvalue weighted by atomic mass is 31.2. The Morgan fingerprint density at radius 2 is 0.811 bits per heavy atom. The van der Waals surface area contributed by atoms with E-state index in [1.165, 1.54) is 154 Å². The summed E-state index contributed by atoms with van der Waals surface area (Å²) >= 11 is 0. The highest BCUT2D eigenvalue weighted by molar-refractivity contribution is 7.47. The van der Waals surface area contributed by atoms with E-state index in [0.29, 0.717) is 17.4 Å². The number of hydrogen-bond donors (Lipinski definition) is 3. The van der Waals surface area contributed by atoms with E-state index in [1.54, 1.807) is 6.08 Å². The number of phosphoric ester groups is 1. The normalized spacial score (nSPS) is 14.5. The molecule has 1 amide bonds. The number of phosphoric acid groups is 1. The molecule has 0 radical (unpaired) electrons. The second kappa shape index (κ2) is 55.2. The van der Waals surface area contributed by atoms with Crippen LogP contribution in [0, 0.1) is 0 Å². The molecule has 8 nitrogen and oxygen atoms in total. The van der Waals surface area contributed by atoms with E-state index in [-0.39, 0.29) is 19.1 Å². The molecule has 0 rings (SSSR count). The SMILES string of the molecule is CC/C=C\C/C=C\C/C=C\C/C=C\C/C=C\C/C=C\C/C=C\CCCCCCCCCCCCCCCCCCCC(=O)NC(COP(=O)(O)OCC[N+](C)(C)C)C(O)/C=C/CCCCCCCCCCCCC. The number of nitrogens with one attached hydrogen (secondary N) is 1. The second-order valence-corrected chi connectivity index (χ2v) is 23.2. The smallest absolute Gasteiger partial charge is 0.387 e. The maximum Gasteiger partial charge on any atom is 0.472 e. The fourth-order valence-corrected chi connectivity index (χ4v) is 9.29. The van der Waals surface area contributed by atoms with E-state index in [4.69, 9.17) is 9.05 Å². The number of unbranched alkanes of at least 4 members (excludes halogenated alkanes) is 28. The fraction of sp³-hybridized carbons (Fsp3) is 0.738. The van der Waals surface area contributed by atoms with Gasteiger partial charge in [-0.05, 0) is 77.0 Å². The molecule has 0 bridgehead atoms. The van der Waals surface area contributed by atoms with E-state index in [0.717, 1.165) is 83.5 Å². The molecule has 0 aliphatic heterocycles. The lowest BCUT2D eigenvalue weighted by atomic mass is 10.0. The van der Waals surface area contributed by atoms with E-state index >= 15 is 0 Å². The third-order valence-corrected chi connectivity index (χ3v) is 14.3. The summed E-state index contributed by atoms with van der Waals surface area (Å²) in [6, 6.07) is -0.849. The molecular formula is C65H118N2O6P+. The predicted molar refractivity (Wildman–Crippen MR) is 322 cm³/mol. The Bertz CT molecular complexity index is 1520. The number of carbonyl (C=O) groups is 1. The third-order valence-electron chi connectivity index (χ3n) is 13.3. The average molecular weight is 1050 g/mol. The van der Waals surface area contributed by atoms with Crippen LogP contribution in [0.3, 0.4) is 0 Å². The molecule has 0 fully saturated rings. The zero-order valence-corrected chi connectivity index (χ0v) is 49.7. The molecule has 0 saturated heterocycles. The largest absolute Gasteiger partial charge is 0.472 e. The Morgan fingerprint density at radius 1 is 0.473 bits per heavy atom. The van der Waals surface area contributed by atoms with Crippen LogP contribution in [0.5, 0.6) is 0 Å². The van der Waals surface area contributed by atoms with Gasteiger partial charge in [-0.25, -0.2) is 4.57 Å². The van der Waals surface area contributed by atoms with Crippen LogP contribution in [-0.4, -0.2) is 73.4 Å². The summed E-state index contributed by atoms with van der Waals surface area (Å²) in [5.74, 6) is -0.178. The molecule has 0 spiro atoms. The standard InChI is InChI=1S/C65H117N2O6P/c1-6-8-10-12-14-16-18-20-21-22-23-24-25-26-27-28-29-30-31-32-33-34-35-36-37-38-39-40-41-42-43-44-45-47-49-51-53-55-57-59-65(69)66-63(62-73-74(70,71)72-61-60-67(3,4)5)64(68)58-56-54-52-50-48-46-19-17-15-13-11-9-7-2/h8,10,14,16,20-21,23-24,26-27,29-30,32-33,56,58,63-64,68H,6-7,9,11-13,15,17-19,22,25,28,31,34-55,57,59-62H2,1-5H3,(H-,66,69,70,71)/p+1/b10-8-,16-14-,21-20-,24-23-,27-26-,30-29-,33-32-,58-56+. The number of nitrogens with zero attached hydrogens (tertiary/aromatic N) is 1. The number of rotatable bonds is 55. The van der Waals surface area contributed by atoms with Crippen LogP contribution < -0.4 is 5.32 Å². The number of allylic oxidation sites excluding steroid dienone is 15. The molecule has 0 aliphatic rings. The maximum absolute atomic E-state index is 13.0. The van der Waals surface area contributed by atoms with Crippen molar-refractivity contribution in [2.45, 2.75) is 270 Å². The first-order valence-corrected chi connectivity index (χ1v) is 32.1. The van der Waals surface area contributed by atoms with Gasteiger partial charge in [0.1, 0.15) is 13.2 Å². The number of aliphatic hydroxyl groups is 1. The summed E-state index contributed by atoms with van der Waals surface area (Å²) in [4.78, 5) is 23.3. The summed E-state index contributed by atoms with van der Waals surface area (Å²) in [5.41, 5.74) is 0. The lowest BCUT2D eigenvalue weighted by Crippen LogP contribution is -2.45. The van der Waals surface area contributed by atoms with Crippen LogP contribution >= 0.6 is 7.82 Å². The first kappa shape index (κ1) is 71.4. The van der Waals surface area contributed by atoms with E-state index in [2.05, 4.69) is 104 Å². The lowest BCUT2D eigenvalue weighted by Gasteiger charge is -2.25. The molecule has 74 heavy (non-hydrogen) atoms. The highest BCUT2D eigenvalue weighted by Gasteiger charge is 2.27. The number of quaternary nitrogens is 1. The van der Waals surface area contributed by atoms with Gasteiger partial charge in [0, 0.05) is 6.42 Å². The summed E-state index contributed by atoms with van der Waals surface area (Å²) < 4.78 is 23.7. The number of aliphatic hydroxyl groups excluding tert-OH is 1. The molecule has 3 unspecified atom stereocenters. The lowest BCUT2D eigenvalue weighted by molar-refractivity contribution is -0.870. The minimum atomic E-state index is -4.35. The van der Waals surface area contributed by atoms with E-state index in [1.807, 2.05) is 27.2 Å². The van der Waals surface area contributed by atoms with Crippen LogP contribution in [-0.2, 0) is 18.4 Å². The summed E-state index contributed by atoms with van der Waals surface area (Å²) in [5, 5.41) is 13.9. The Labute approximate surface area is 458 Å². The minimum absolute atomic E-state index is 0.0596. The molecule has 428 valence electrons. The Kier molecular flexibility index (Phi) is 53.3. The van der Waals surface area contributed by atoms with Crippen molar-refractivity contribution in [2.75, 3.05) is 40.9 Å². The number of amides is 1. The third kappa shape index (κ3) is 57.1. The van der Waals surface area contributed by atoms with Gasteiger partial charge in [-0.2, -0.15) is 0 Å². The van der Waals surface area contributed by atoms with Gasteiger partial charge in [0.05, 0.1) is 39.9 Å². The Morgan fingerprint density at radius 3 is 1.19 bits per heavy atom. The molecule has 0 aliphatic carbocycles. The van der Waals surface area contributed by atoms with Crippen molar-refractivity contribution >= 4 is 13.7 Å². The molecule has 0 aromatic heterocycles. The number of hydrogen-bond acceptors (Lipinski definition) is 5. The number of likely N-dealkylation sites (N-methyl/N-ethyl adjacent to an activating group) is 1. The zero-order valence-electron chi connectivity index (χ0n) is 48.8. The monoisotopic (exact) mass is 1050 g/mol. The van der Waals surface area contributed by atoms with Gasteiger partial charge in [0.15, 0.2) is 0 Å². The molecule has 9 heteroatoms. The predicted octanol–water partition coefficient (Wildman–Crippen LogP) is 19.0. The Balaban J connectivity index is 3.98. The topological polar surface area (TPSA) is 105 Å². The first-order valence-electron chi connectivity index (χ1n) is 30.6. The minimum Gasteiger partial charge on any atom is -0.387 e. The second-order valence-electron chi connectivity index (χ2n) is 21.7. The molecule has 0 aromatic carbocycles. The van der Waals surface area contributed by atoms with Crippen LogP contribution in [0.1, 0.15) is 258 Å². The van der Waals surface area contributed by atoms with Gasteiger partial charge in [-0.3, -0.25) is 13.8 Å². The Hall–Kier alpha value is -2.58. The van der Waals surface area contributed by atoms with Crippen LogP contribution in [0.15, 0.2) is 97.2 Å². The summed E-state index contributed by atoms with van der Waals surface area (Å²) in [6.07, 6.45) is 79.5.